The molecule has 4 rings (SSSR count). The molecule has 1 aromatic carbocycles. The predicted octanol–water partition coefficient (Wildman–Crippen LogP) is 6.20. The van der Waals surface area contributed by atoms with Gasteiger partial charge < -0.3 is 15.7 Å². The number of hydrogen-bond donors (Lipinski definition) is 4. The maximum Gasteiger partial charge on any atom is 0.490 e. The van der Waals surface area contributed by atoms with Crippen molar-refractivity contribution < 1.29 is 41.1 Å². The molecular formula is C25H20Cl2F3N5O6S3. The van der Waals surface area contributed by atoms with E-state index in [1.54, 1.807) is 43.3 Å². The second-order valence-electron chi connectivity index (χ2n) is 8.50. The summed E-state index contributed by atoms with van der Waals surface area (Å²) in [5, 5.41) is 13.4. The van der Waals surface area contributed by atoms with Crippen molar-refractivity contribution in [3.05, 3.63) is 75.0 Å². The number of hydrogen-bond acceptors (Lipinski definition) is 9. The van der Waals surface area contributed by atoms with Crippen molar-refractivity contribution in [1.82, 2.24) is 15.3 Å². The highest BCUT2D eigenvalue weighted by atomic mass is 35.5. The fourth-order valence-electron chi connectivity index (χ4n) is 3.18. The number of alkyl halides is 3. The van der Waals surface area contributed by atoms with Crippen LogP contribution in [-0.2, 0) is 26.2 Å². The standard InChI is InChI=1S/C23H19Cl2N5O4S3.C2HF3O2/c1-12-20(36-23(28-12)29-13(2)31)15-9-18(21(25)26-10-15)30-37(33,34)19-8-7-17(35-19)11-27-22(32)14-3-5-16(24)6-4-14;3-2(4,5)1(6)7/h3-10,30H,11H2,1-2H3,(H,27,32)(H,28,29,31);(H,6,7). The van der Waals surface area contributed by atoms with Crippen LogP contribution in [0.5, 0.6) is 0 Å². The van der Waals surface area contributed by atoms with E-state index in [0.717, 1.165) is 11.3 Å². The number of anilines is 2. The van der Waals surface area contributed by atoms with E-state index in [1.807, 2.05) is 0 Å². The summed E-state index contributed by atoms with van der Waals surface area (Å²) in [4.78, 5) is 42.3. The molecule has 3 aromatic heterocycles. The van der Waals surface area contributed by atoms with Crippen molar-refractivity contribution in [3.63, 3.8) is 0 Å². The number of rotatable bonds is 8. The lowest BCUT2D eigenvalue weighted by Crippen LogP contribution is -2.22. The lowest BCUT2D eigenvalue weighted by atomic mass is 10.2. The summed E-state index contributed by atoms with van der Waals surface area (Å²) in [6.45, 7) is 3.31. The molecule has 4 aromatic rings. The Labute approximate surface area is 266 Å². The number of sulfonamides is 1. The Hall–Kier alpha value is -3.77. The first kappa shape index (κ1) is 34.7. The van der Waals surface area contributed by atoms with Crippen LogP contribution in [0.15, 0.2) is 52.9 Å². The van der Waals surface area contributed by atoms with Gasteiger partial charge in [0.25, 0.3) is 15.9 Å². The van der Waals surface area contributed by atoms with Crippen LogP contribution in [-0.4, -0.2) is 47.5 Å². The molecule has 0 atom stereocenters. The molecule has 0 aliphatic rings. The summed E-state index contributed by atoms with van der Waals surface area (Å²) in [7, 11) is -3.98. The Morgan fingerprint density at radius 3 is 2.27 bits per heavy atom. The summed E-state index contributed by atoms with van der Waals surface area (Å²) in [6, 6.07) is 11.1. The minimum atomic E-state index is -5.08. The molecule has 19 heteroatoms. The molecule has 4 N–H and O–H groups in total. The first-order valence-corrected chi connectivity index (χ1v) is 15.7. The number of thiophene rings is 1. The number of aliphatic carboxylic acids is 1. The van der Waals surface area contributed by atoms with Crippen LogP contribution in [0.4, 0.5) is 24.0 Å². The third-order valence-electron chi connectivity index (χ3n) is 5.10. The van der Waals surface area contributed by atoms with Crippen molar-refractivity contribution in [1.29, 1.82) is 0 Å². The van der Waals surface area contributed by atoms with Crippen LogP contribution < -0.4 is 15.4 Å². The molecule has 234 valence electrons. The zero-order chi connectivity index (χ0) is 32.8. The summed E-state index contributed by atoms with van der Waals surface area (Å²) < 4.78 is 60.4. The van der Waals surface area contributed by atoms with E-state index in [-0.39, 0.29) is 33.4 Å². The van der Waals surface area contributed by atoms with Crippen molar-refractivity contribution >= 4 is 84.5 Å². The van der Waals surface area contributed by atoms with E-state index in [4.69, 9.17) is 33.1 Å². The average molecular weight is 711 g/mol. The Kier molecular flexibility index (Phi) is 11.3. The molecule has 44 heavy (non-hydrogen) atoms. The van der Waals surface area contributed by atoms with Gasteiger partial charge in [0, 0.05) is 34.1 Å². The van der Waals surface area contributed by atoms with E-state index < -0.39 is 22.2 Å². The molecule has 3 heterocycles. The number of halogens is 5. The van der Waals surface area contributed by atoms with Crippen LogP contribution >= 0.6 is 45.9 Å². The number of benzene rings is 1. The van der Waals surface area contributed by atoms with E-state index in [2.05, 4.69) is 25.3 Å². The van der Waals surface area contributed by atoms with Gasteiger partial charge in [-0.05, 0) is 49.4 Å². The molecule has 11 nitrogen and oxygen atoms in total. The fourth-order valence-corrected chi connectivity index (χ4v) is 6.85. The summed E-state index contributed by atoms with van der Waals surface area (Å²) in [5.41, 5.74) is 1.78. The second kappa shape index (κ2) is 14.3. The SMILES string of the molecule is CC(=O)Nc1nc(C)c(-c2cnc(Cl)c(NS(=O)(=O)c3ccc(CNC(=O)c4ccc(Cl)cc4)s3)c2)s1.O=C(O)C(F)(F)F. The fraction of sp³-hybridized carbons (Fsp3) is 0.160. The molecule has 0 bridgehead atoms. The number of carboxylic acids is 1. The van der Waals surface area contributed by atoms with Crippen LogP contribution in [0.25, 0.3) is 10.4 Å². The maximum absolute atomic E-state index is 13.1. The number of thiazole rings is 1. The molecule has 0 aliphatic carbocycles. The second-order valence-corrected chi connectivity index (χ2v) is 13.4. The topological polar surface area (TPSA) is 167 Å². The number of carbonyl (C=O) groups excluding carboxylic acids is 2. The molecule has 0 spiro atoms. The molecule has 0 aliphatic heterocycles. The molecule has 0 unspecified atom stereocenters. The van der Waals surface area contributed by atoms with E-state index >= 15 is 0 Å². The monoisotopic (exact) mass is 709 g/mol. The van der Waals surface area contributed by atoms with Crippen LogP contribution in [0.3, 0.4) is 0 Å². The lowest BCUT2D eigenvalue weighted by Gasteiger charge is -2.09. The lowest BCUT2D eigenvalue weighted by molar-refractivity contribution is -0.192. The minimum Gasteiger partial charge on any atom is -0.475 e. The molecule has 2 amide bonds. The summed E-state index contributed by atoms with van der Waals surface area (Å²) in [6.07, 6.45) is -3.58. The quantitative estimate of drug-likeness (QED) is 0.157. The number of amides is 2. The number of aromatic nitrogens is 2. The van der Waals surface area contributed by atoms with Gasteiger partial charge in [0.1, 0.15) is 4.21 Å². The Morgan fingerprint density at radius 2 is 1.68 bits per heavy atom. The number of nitrogens with one attached hydrogen (secondary N) is 3. The zero-order valence-corrected chi connectivity index (χ0v) is 26.3. The van der Waals surface area contributed by atoms with Gasteiger partial charge >= 0.3 is 12.1 Å². The van der Waals surface area contributed by atoms with Gasteiger partial charge in [-0.15, -0.1) is 11.3 Å². The van der Waals surface area contributed by atoms with Gasteiger partial charge in [0.2, 0.25) is 5.91 Å². The zero-order valence-electron chi connectivity index (χ0n) is 22.3. The van der Waals surface area contributed by atoms with Crippen molar-refractivity contribution in [2.75, 3.05) is 10.0 Å². The maximum atomic E-state index is 13.1. The predicted molar refractivity (Wildman–Crippen MR) is 161 cm³/mol. The smallest absolute Gasteiger partial charge is 0.475 e. The minimum absolute atomic E-state index is 0.0245. The number of aryl methyl sites for hydroxylation is 1. The molecule has 0 fully saturated rings. The van der Waals surface area contributed by atoms with Gasteiger partial charge in [-0.2, -0.15) is 13.2 Å². The normalized spacial score (nSPS) is 11.2. The first-order chi connectivity index (χ1) is 20.5. The van der Waals surface area contributed by atoms with Gasteiger partial charge in [0.05, 0.1) is 22.8 Å². The number of nitrogens with zero attached hydrogens (tertiary/aromatic N) is 2. The molecule has 0 radical (unpaired) electrons. The third-order valence-corrected chi connectivity index (χ3v) is 9.72. The molecule has 0 saturated carbocycles. The Balaban J connectivity index is 0.000000676. The highest BCUT2D eigenvalue weighted by Crippen LogP contribution is 2.36. The van der Waals surface area contributed by atoms with Gasteiger partial charge in [-0.3, -0.25) is 14.3 Å². The van der Waals surface area contributed by atoms with E-state index in [0.29, 0.717) is 36.7 Å². The third kappa shape index (κ3) is 9.62. The van der Waals surface area contributed by atoms with Gasteiger partial charge in [0.15, 0.2) is 10.3 Å². The van der Waals surface area contributed by atoms with Crippen molar-refractivity contribution in [2.45, 2.75) is 30.8 Å². The van der Waals surface area contributed by atoms with Crippen LogP contribution in [0.2, 0.25) is 10.2 Å². The summed E-state index contributed by atoms with van der Waals surface area (Å²) in [5.74, 6) is -3.31. The van der Waals surface area contributed by atoms with Crippen molar-refractivity contribution in [2.24, 2.45) is 0 Å². The number of carbonyl (C=O) groups is 3. The first-order valence-electron chi connectivity index (χ1n) is 11.8. The van der Waals surface area contributed by atoms with Gasteiger partial charge in [-0.1, -0.05) is 34.5 Å². The Morgan fingerprint density at radius 1 is 1.05 bits per heavy atom. The van der Waals surface area contributed by atoms with Crippen molar-refractivity contribution in [3.8, 4) is 10.4 Å². The summed E-state index contributed by atoms with van der Waals surface area (Å²) >= 11 is 14.3. The molecular weight excluding hydrogens is 690 g/mol. The number of carboxylic acid groups (broad SMARTS) is 1. The molecule has 0 saturated heterocycles. The average Bonchev–Trinajstić information content (AvgIpc) is 3.55. The number of pyridine rings is 1. The van der Waals surface area contributed by atoms with E-state index in [9.17, 15) is 31.2 Å². The van der Waals surface area contributed by atoms with Crippen LogP contribution in [0, 0.1) is 6.92 Å². The van der Waals surface area contributed by atoms with E-state index in [1.165, 1.54) is 30.5 Å². The highest BCUT2D eigenvalue weighted by molar-refractivity contribution is 7.94. The van der Waals surface area contributed by atoms with Gasteiger partial charge in [-0.25, -0.2) is 23.2 Å². The Bertz CT molecular complexity index is 1800. The largest absolute Gasteiger partial charge is 0.490 e. The van der Waals surface area contributed by atoms with Crippen LogP contribution in [0.1, 0.15) is 27.9 Å². The highest BCUT2D eigenvalue weighted by Gasteiger charge is 2.38.